The molecule has 0 amide bonds. The van der Waals surface area contributed by atoms with E-state index in [2.05, 4.69) is 36.1 Å². The predicted molar refractivity (Wildman–Crippen MR) is 122 cm³/mol. The summed E-state index contributed by atoms with van der Waals surface area (Å²) in [6.45, 7) is 5.19. The molecular weight excluding hydrogens is 430 g/mol. The molecule has 2 N–H and O–H groups in total. The first-order valence-electron chi connectivity index (χ1n) is 11.4. The minimum atomic E-state index is -1.33. The third-order valence-electron chi connectivity index (χ3n) is 6.45. The van der Waals surface area contributed by atoms with Crippen molar-refractivity contribution in [3.63, 3.8) is 0 Å². The second-order valence-electron chi connectivity index (χ2n) is 9.40. The van der Waals surface area contributed by atoms with Gasteiger partial charge in [0.2, 0.25) is 0 Å². The fourth-order valence-electron chi connectivity index (χ4n) is 4.51. The number of piperidine rings is 1. The summed E-state index contributed by atoms with van der Waals surface area (Å²) >= 11 is 0. The number of halogens is 2. The van der Waals surface area contributed by atoms with E-state index in [-0.39, 0.29) is 25.5 Å². The fourth-order valence-corrected chi connectivity index (χ4v) is 4.51. The Hall–Kier alpha value is -2.26. The normalized spacial score (nSPS) is 23.8. The van der Waals surface area contributed by atoms with Crippen LogP contribution in [0.25, 0.3) is 0 Å². The number of aliphatic hydroxyl groups is 2. The van der Waals surface area contributed by atoms with Crippen molar-refractivity contribution >= 4 is 5.69 Å². The molecule has 2 aromatic carbocycles. The first-order valence-corrected chi connectivity index (χ1v) is 11.4. The summed E-state index contributed by atoms with van der Waals surface area (Å²) < 4.78 is 37.7. The Morgan fingerprint density at radius 2 is 1.70 bits per heavy atom. The standard InChI is InChI=1S/C25H32F2N2O4/c1-19-2-4-20(5-3-19)29-10-8-24(30,9-11-29)15-28-12-13-32-17-25(31,16-28)18-33-21-6-7-22(26)23(27)14-21/h2-7,14,30-31H,8-13,15-18H2,1H3/t25-/m0/s1. The Morgan fingerprint density at radius 1 is 0.970 bits per heavy atom. The second kappa shape index (κ2) is 9.93. The minimum Gasteiger partial charge on any atom is -0.490 e. The van der Waals surface area contributed by atoms with Crippen molar-refractivity contribution in [2.24, 2.45) is 0 Å². The zero-order valence-corrected chi connectivity index (χ0v) is 19.0. The smallest absolute Gasteiger partial charge is 0.162 e. The van der Waals surface area contributed by atoms with Crippen molar-refractivity contribution < 1.29 is 28.5 Å². The Bertz CT molecular complexity index is 935. The number of aryl methyl sites for hydroxylation is 1. The second-order valence-corrected chi connectivity index (χ2v) is 9.40. The van der Waals surface area contributed by atoms with Gasteiger partial charge in [-0.05, 0) is 44.0 Å². The summed E-state index contributed by atoms with van der Waals surface area (Å²) in [5, 5.41) is 22.3. The van der Waals surface area contributed by atoms with E-state index in [1.807, 2.05) is 4.90 Å². The van der Waals surface area contributed by atoms with E-state index < -0.39 is 22.8 Å². The van der Waals surface area contributed by atoms with E-state index in [0.717, 1.165) is 30.9 Å². The van der Waals surface area contributed by atoms with Crippen molar-refractivity contribution in [1.82, 2.24) is 4.90 Å². The van der Waals surface area contributed by atoms with Crippen molar-refractivity contribution in [2.75, 3.05) is 57.4 Å². The van der Waals surface area contributed by atoms with Gasteiger partial charge >= 0.3 is 0 Å². The number of ether oxygens (including phenoxy) is 2. The van der Waals surface area contributed by atoms with Crippen LogP contribution in [0.1, 0.15) is 18.4 Å². The summed E-state index contributed by atoms with van der Waals surface area (Å²) in [6.07, 6.45) is 1.25. The molecule has 0 saturated carbocycles. The molecule has 6 nitrogen and oxygen atoms in total. The molecule has 2 fully saturated rings. The van der Waals surface area contributed by atoms with Gasteiger partial charge in [0.05, 0.1) is 18.8 Å². The molecule has 2 aromatic rings. The monoisotopic (exact) mass is 462 g/mol. The van der Waals surface area contributed by atoms with E-state index in [9.17, 15) is 19.0 Å². The summed E-state index contributed by atoms with van der Waals surface area (Å²) in [4.78, 5) is 4.29. The predicted octanol–water partition coefficient (Wildman–Crippen LogP) is 2.75. The van der Waals surface area contributed by atoms with E-state index in [1.165, 1.54) is 11.6 Å². The topological polar surface area (TPSA) is 65.4 Å². The first-order chi connectivity index (χ1) is 15.7. The largest absolute Gasteiger partial charge is 0.490 e. The maximum atomic E-state index is 13.4. The number of hydrogen-bond acceptors (Lipinski definition) is 6. The van der Waals surface area contributed by atoms with Gasteiger partial charge in [-0.25, -0.2) is 8.78 Å². The molecular formula is C25H32F2N2O4. The number of nitrogens with zero attached hydrogens (tertiary/aromatic N) is 2. The first kappa shape index (κ1) is 23.9. The highest BCUT2D eigenvalue weighted by Crippen LogP contribution is 2.28. The van der Waals surface area contributed by atoms with Crippen LogP contribution in [0.4, 0.5) is 14.5 Å². The Balaban J connectivity index is 1.33. The Morgan fingerprint density at radius 3 is 2.39 bits per heavy atom. The van der Waals surface area contributed by atoms with Gasteiger partial charge in [0, 0.05) is 44.5 Å². The third kappa shape index (κ3) is 6.20. The van der Waals surface area contributed by atoms with Gasteiger partial charge in [-0.3, -0.25) is 4.90 Å². The van der Waals surface area contributed by atoms with Gasteiger partial charge < -0.3 is 24.6 Å². The quantitative estimate of drug-likeness (QED) is 0.689. The van der Waals surface area contributed by atoms with E-state index >= 15 is 0 Å². The van der Waals surface area contributed by atoms with Crippen LogP contribution in [-0.4, -0.2) is 78.9 Å². The summed E-state index contributed by atoms with van der Waals surface area (Å²) in [5.74, 6) is -1.82. The molecule has 180 valence electrons. The molecule has 4 rings (SSSR count). The number of rotatable bonds is 6. The van der Waals surface area contributed by atoms with Crippen LogP contribution >= 0.6 is 0 Å². The molecule has 0 aromatic heterocycles. The van der Waals surface area contributed by atoms with Crippen molar-refractivity contribution in [2.45, 2.75) is 31.0 Å². The zero-order chi connectivity index (χ0) is 23.5. The van der Waals surface area contributed by atoms with Gasteiger partial charge in [0.15, 0.2) is 11.6 Å². The lowest BCUT2D eigenvalue weighted by atomic mass is 9.90. The molecule has 2 saturated heterocycles. The summed E-state index contributed by atoms with van der Waals surface area (Å²) in [7, 11) is 0. The summed E-state index contributed by atoms with van der Waals surface area (Å²) in [5.41, 5.74) is 0.194. The average Bonchev–Trinajstić information content (AvgIpc) is 2.97. The van der Waals surface area contributed by atoms with Gasteiger partial charge in [-0.1, -0.05) is 17.7 Å². The average molecular weight is 463 g/mol. The van der Waals surface area contributed by atoms with Gasteiger partial charge in [-0.15, -0.1) is 0 Å². The van der Waals surface area contributed by atoms with Crippen LogP contribution in [0, 0.1) is 18.6 Å². The maximum Gasteiger partial charge on any atom is 0.162 e. The van der Waals surface area contributed by atoms with Crippen LogP contribution in [0.15, 0.2) is 42.5 Å². The molecule has 0 radical (unpaired) electrons. The van der Waals surface area contributed by atoms with E-state index in [1.54, 1.807) is 0 Å². The lowest BCUT2D eigenvalue weighted by Gasteiger charge is -2.42. The molecule has 8 heteroatoms. The molecule has 2 aliphatic rings. The fraction of sp³-hybridized carbons (Fsp3) is 0.520. The SMILES string of the molecule is Cc1ccc(N2CCC(O)(CN3CCOC[C@](O)(COc4ccc(F)c(F)c4)C3)CC2)cc1. The lowest BCUT2D eigenvalue weighted by molar-refractivity contribution is -0.0743. The van der Waals surface area contributed by atoms with Crippen LogP contribution < -0.4 is 9.64 Å². The minimum absolute atomic E-state index is 0.0623. The van der Waals surface area contributed by atoms with Gasteiger partial charge in [0.25, 0.3) is 0 Å². The number of hydrogen-bond donors (Lipinski definition) is 2. The van der Waals surface area contributed by atoms with Crippen LogP contribution in [0.2, 0.25) is 0 Å². The maximum absolute atomic E-state index is 13.4. The van der Waals surface area contributed by atoms with Gasteiger partial charge in [-0.2, -0.15) is 0 Å². The highest BCUT2D eigenvalue weighted by molar-refractivity contribution is 5.48. The van der Waals surface area contributed by atoms with Crippen LogP contribution in [-0.2, 0) is 4.74 Å². The molecule has 0 aliphatic carbocycles. The lowest BCUT2D eigenvalue weighted by Crippen LogP contribution is -2.55. The van der Waals surface area contributed by atoms with Crippen molar-refractivity contribution in [3.05, 3.63) is 59.7 Å². The van der Waals surface area contributed by atoms with Crippen LogP contribution in [0.5, 0.6) is 5.75 Å². The highest BCUT2D eigenvalue weighted by Gasteiger charge is 2.39. The third-order valence-corrected chi connectivity index (χ3v) is 6.45. The number of benzene rings is 2. The molecule has 2 heterocycles. The molecule has 2 aliphatic heterocycles. The van der Waals surface area contributed by atoms with Gasteiger partial charge in [0.1, 0.15) is 18.0 Å². The molecule has 0 unspecified atom stereocenters. The van der Waals surface area contributed by atoms with Crippen molar-refractivity contribution in [3.8, 4) is 5.75 Å². The molecule has 0 bridgehead atoms. The Labute approximate surface area is 193 Å². The van der Waals surface area contributed by atoms with E-state index in [4.69, 9.17) is 9.47 Å². The molecule has 0 spiro atoms. The Kier molecular flexibility index (Phi) is 7.19. The zero-order valence-electron chi connectivity index (χ0n) is 19.0. The summed E-state index contributed by atoms with van der Waals surface area (Å²) in [6, 6.07) is 11.7. The molecule has 33 heavy (non-hydrogen) atoms. The number of β-amino-alcohol motifs (C(OH)–C–C–N with tert-alkyl or cyclic N) is 2. The van der Waals surface area contributed by atoms with Crippen molar-refractivity contribution in [1.29, 1.82) is 0 Å². The van der Waals surface area contributed by atoms with Crippen LogP contribution in [0.3, 0.4) is 0 Å². The molecule has 1 atom stereocenters. The van der Waals surface area contributed by atoms with E-state index in [0.29, 0.717) is 32.5 Å². The highest BCUT2D eigenvalue weighted by atomic mass is 19.2. The number of anilines is 1.